The molecule has 6 nitrogen and oxygen atoms in total. The lowest BCUT2D eigenvalue weighted by Gasteiger charge is -2.37. The third-order valence-corrected chi connectivity index (χ3v) is 5.88. The van der Waals surface area contributed by atoms with Crippen LogP contribution in [-0.2, 0) is 4.74 Å². The van der Waals surface area contributed by atoms with Crippen molar-refractivity contribution in [2.45, 2.75) is 45.3 Å². The van der Waals surface area contributed by atoms with Gasteiger partial charge < -0.3 is 19.3 Å². The van der Waals surface area contributed by atoms with Gasteiger partial charge in [0.25, 0.3) is 0 Å². The van der Waals surface area contributed by atoms with Crippen LogP contribution in [-0.4, -0.2) is 50.9 Å². The van der Waals surface area contributed by atoms with Crippen LogP contribution in [0, 0.1) is 5.92 Å². The summed E-state index contributed by atoms with van der Waals surface area (Å²) in [6.45, 7) is 6.93. The molecule has 1 atom stereocenters. The molecular weight excluding hydrogens is 390 g/mol. The molecule has 1 amide bonds. The highest BCUT2D eigenvalue weighted by molar-refractivity contribution is 5.81. The molecule has 0 radical (unpaired) electrons. The van der Waals surface area contributed by atoms with Crippen molar-refractivity contribution in [2.75, 3.05) is 19.7 Å². The highest BCUT2D eigenvalue weighted by Crippen LogP contribution is 2.35. The van der Waals surface area contributed by atoms with E-state index in [9.17, 15) is 9.90 Å². The number of imidazole rings is 1. The van der Waals surface area contributed by atoms with E-state index in [0.717, 1.165) is 35.3 Å². The molecule has 31 heavy (non-hydrogen) atoms. The number of hydrogen-bond donors (Lipinski definition) is 1. The fourth-order valence-electron chi connectivity index (χ4n) is 4.41. The van der Waals surface area contributed by atoms with Crippen molar-refractivity contribution in [1.29, 1.82) is 0 Å². The number of nitrogens with zero attached hydrogens (tertiary/aromatic N) is 3. The zero-order valence-electron chi connectivity index (χ0n) is 18.5. The van der Waals surface area contributed by atoms with E-state index in [1.807, 2.05) is 57.2 Å². The van der Waals surface area contributed by atoms with Crippen molar-refractivity contribution in [3.63, 3.8) is 0 Å². The van der Waals surface area contributed by atoms with E-state index in [-0.39, 0.29) is 24.7 Å². The summed E-state index contributed by atoms with van der Waals surface area (Å²) < 4.78 is 7.72. The average molecular weight is 422 g/mol. The van der Waals surface area contributed by atoms with Gasteiger partial charge in [0, 0.05) is 18.7 Å². The summed E-state index contributed by atoms with van der Waals surface area (Å²) in [4.78, 5) is 19.1. The van der Waals surface area contributed by atoms with Crippen LogP contribution >= 0.6 is 0 Å². The number of carbonyl (C=O) groups is 1. The number of amides is 1. The molecule has 1 N–H and O–H groups in total. The van der Waals surface area contributed by atoms with Crippen LogP contribution in [0.3, 0.4) is 0 Å². The van der Waals surface area contributed by atoms with Crippen molar-refractivity contribution in [2.24, 2.45) is 5.92 Å². The Kier molecular flexibility index (Phi) is 6.01. The summed E-state index contributed by atoms with van der Waals surface area (Å²) in [6.07, 6.45) is 1.36. The Bertz CT molecular complexity index is 1030. The number of likely N-dealkylation sites (tertiary alicyclic amines) is 1. The number of fused-ring (bicyclic) bond motifs is 1. The smallest absolute Gasteiger partial charge is 0.410 e. The molecule has 0 saturated carbocycles. The molecule has 0 bridgehead atoms. The van der Waals surface area contributed by atoms with Crippen LogP contribution in [0.5, 0.6) is 0 Å². The van der Waals surface area contributed by atoms with E-state index < -0.39 is 5.60 Å². The topological polar surface area (TPSA) is 67.6 Å². The second-order valence-corrected chi connectivity index (χ2v) is 9.21. The summed E-state index contributed by atoms with van der Waals surface area (Å²) in [7, 11) is 0. The zero-order chi connectivity index (χ0) is 22.0. The van der Waals surface area contributed by atoms with Crippen LogP contribution in [0.2, 0.25) is 0 Å². The highest BCUT2D eigenvalue weighted by Gasteiger charge is 2.33. The minimum atomic E-state index is -0.498. The van der Waals surface area contributed by atoms with Crippen molar-refractivity contribution >= 4 is 17.1 Å². The van der Waals surface area contributed by atoms with Crippen molar-refractivity contribution in [3.8, 4) is 11.4 Å². The van der Waals surface area contributed by atoms with Gasteiger partial charge in [0.15, 0.2) is 0 Å². The predicted octanol–water partition coefficient (Wildman–Crippen LogP) is 4.88. The average Bonchev–Trinajstić information content (AvgIpc) is 3.14. The summed E-state index contributed by atoms with van der Waals surface area (Å²) in [5.41, 5.74) is 2.48. The highest BCUT2D eigenvalue weighted by atomic mass is 16.6. The number of benzene rings is 2. The molecule has 1 saturated heterocycles. The fraction of sp³-hybridized carbons (Fsp3) is 0.440. The molecule has 2 heterocycles. The molecule has 2 aromatic carbocycles. The maximum Gasteiger partial charge on any atom is 0.410 e. The van der Waals surface area contributed by atoms with E-state index in [0.29, 0.717) is 13.1 Å². The maximum atomic E-state index is 12.4. The molecular formula is C25H31N3O3. The third kappa shape index (κ3) is 4.59. The number of carbonyl (C=O) groups excluding carboxylic acids is 1. The third-order valence-electron chi connectivity index (χ3n) is 5.88. The molecule has 0 aliphatic carbocycles. The largest absolute Gasteiger partial charge is 0.444 e. The Morgan fingerprint density at radius 1 is 1.10 bits per heavy atom. The van der Waals surface area contributed by atoms with Crippen molar-refractivity contribution in [1.82, 2.24) is 14.5 Å². The first-order chi connectivity index (χ1) is 14.9. The summed E-state index contributed by atoms with van der Waals surface area (Å²) in [5.74, 6) is 1.11. The van der Waals surface area contributed by atoms with Gasteiger partial charge in [-0.1, -0.05) is 42.5 Å². The molecule has 6 heteroatoms. The number of aromatic nitrogens is 2. The minimum absolute atomic E-state index is 0.0251. The predicted molar refractivity (Wildman–Crippen MR) is 122 cm³/mol. The zero-order valence-corrected chi connectivity index (χ0v) is 18.5. The lowest BCUT2D eigenvalue weighted by molar-refractivity contribution is 0.0148. The lowest BCUT2D eigenvalue weighted by Crippen LogP contribution is -2.43. The van der Waals surface area contributed by atoms with Crippen LogP contribution in [0.15, 0.2) is 54.6 Å². The first-order valence-electron chi connectivity index (χ1n) is 11.0. The van der Waals surface area contributed by atoms with Gasteiger partial charge in [-0.3, -0.25) is 0 Å². The molecule has 0 spiro atoms. The van der Waals surface area contributed by atoms with E-state index in [4.69, 9.17) is 9.72 Å². The quantitative estimate of drug-likeness (QED) is 0.652. The second kappa shape index (κ2) is 8.71. The second-order valence-electron chi connectivity index (χ2n) is 9.21. The molecule has 4 rings (SSSR count). The standard InChI is InChI=1S/C25H31N3O3/c1-25(2,3)31-24(30)27-15-13-18(14-16-27)22(17-29)28-21-12-8-7-11-20(21)26-23(28)19-9-5-4-6-10-19/h4-12,18,22,29H,13-17H2,1-3H3. The van der Waals surface area contributed by atoms with Gasteiger partial charge in [-0.2, -0.15) is 0 Å². The Hall–Kier alpha value is -2.86. The van der Waals surface area contributed by atoms with Gasteiger partial charge in [0.05, 0.1) is 23.7 Å². The van der Waals surface area contributed by atoms with Crippen molar-refractivity contribution in [3.05, 3.63) is 54.6 Å². The first-order valence-corrected chi connectivity index (χ1v) is 11.0. The minimum Gasteiger partial charge on any atom is -0.444 e. The van der Waals surface area contributed by atoms with Gasteiger partial charge in [0.2, 0.25) is 0 Å². The van der Waals surface area contributed by atoms with Crippen molar-refractivity contribution < 1.29 is 14.6 Å². The number of rotatable bonds is 4. The fourth-order valence-corrected chi connectivity index (χ4v) is 4.41. The van der Waals surface area contributed by atoms with Gasteiger partial charge >= 0.3 is 6.09 Å². The number of ether oxygens (including phenoxy) is 1. The first kappa shape index (κ1) is 21.4. The van der Waals surface area contributed by atoms with Crippen LogP contribution in [0.25, 0.3) is 22.4 Å². The molecule has 1 fully saturated rings. The van der Waals surface area contributed by atoms with Gasteiger partial charge in [-0.15, -0.1) is 0 Å². The van der Waals surface area contributed by atoms with E-state index >= 15 is 0 Å². The number of piperidine rings is 1. The SMILES string of the molecule is CC(C)(C)OC(=O)N1CCC(C(CO)n2c(-c3ccccc3)nc3ccccc32)CC1. The number of aliphatic hydroxyl groups excluding tert-OH is 1. The lowest BCUT2D eigenvalue weighted by atomic mass is 9.89. The van der Waals surface area contributed by atoms with Gasteiger partial charge in [0.1, 0.15) is 11.4 Å². The molecule has 1 aliphatic rings. The Morgan fingerprint density at radius 2 is 1.74 bits per heavy atom. The molecule has 3 aromatic rings. The summed E-state index contributed by atoms with van der Waals surface area (Å²) in [5, 5.41) is 10.5. The van der Waals surface area contributed by atoms with Crippen LogP contribution in [0.1, 0.15) is 39.7 Å². The van der Waals surface area contributed by atoms with Crippen LogP contribution in [0.4, 0.5) is 4.79 Å². The Balaban J connectivity index is 1.61. The van der Waals surface area contributed by atoms with E-state index in [1.165, 1.54) is 0 Å². The van der Waals surface area contributed by atoms with Gasteiger partial charge in [-0.05, 0) is 51.7 Å². The Labute approximate surface area is 183 Å². The summed E-state index contributed by atoms with van der Waals surface area (Å²) >= 11 is 0. The Morgan fingerprint density at radius 3 is 2.39 bits per heavy atom. The number of para-hydroxylation sites is 2. The van der Waals surface area contributed by atoms with Crippen LogP contribution < -0.4 is 0 Å². The normalized spacial score (nSPS) is 16.5. The molecule has 164 valence electrons. The number of aliphatic hydroxyl groups is 1. The maximum absolute atomic E-state index is 12.4. The monoisotopic (exact) mass is 421 g/mol. The molecule has 1 aliphatic heterocycles. The molecule has 1 aromatic heterocycles. The van der Waals surface area contributed by atoms with Gasteiger partial charge in [-0.25, -0.2) is 9.78 Å². The molecule has 1 unspecified atom stereocenters. The number of hydrogen-bond acceptors (Lipinski definition) is 4. The summed E-state index contributed by atoms with van der Waals surface area (Å²) in [6, 6.07) is 18.1. The van der Waals surface area contributed by atoms with E-state index in [2.05, 4.69) is 22.8 Å². The van der Waals surface area contributed by atoms with E-state index in [1.54, 1.807) is 4.90 Å².